The number of benzene rings is 5. The summed E-state index contributed by atoms with van der Waals surface area (Å²) >= 11 is 7.86. The van der Waals surface area contributed by atoms with Crippen LogP contribution in [-0.4, -0.2) is 5.25 Å². The molecule has 0 amide bonds. The quantitative estimate of drug-likeness (QED) is 0.153. The fraction of sp³-hybridized carbons (Fsp3) is 0.0833. The van der Waals surface area contributed by atoms with Gasteiger partial charge in [-0.1, -0.05) is 151 Å². The van der Waals surface area contributed by atoms with Crippen LogP contribution in [-0.2, 0) is 0 Å². The van der Waals surface area contributed by atoms with Crippen molar-refractivity contribution in [2.24, 2.45) is 0 Å². The molecule has 1 aliphatic heterocycles. The molecule has 0 bridgehead atoms. The first-order valence-corrected chi connectivity index (χ1v) is 21.0. The van der Waals surface area contributed by atoms with Gasteiger partial charge in [0.15, 0.2) is 0 Å². The Labute approximate surface area is 320 Å². The zero-order valence-electron chi connectivity index (χ0n) is 28.8. The van der Waals surface area contributed by atoms with E-state index in [1.165, 1.54) is 93.9 Å². The monoisotopic (exact) mass is 738 g/mol. The van der Waals surface area contributed by atoms with Gasteiger partial charge in [0, 0.05) is 51.2 Å². The van der Waals surface area contributed by atoms with Crippen LogP contribution in [0.3, 0.4) is 0 Å². The molecule has 250 valence electrons. The number of hydrogen-bond acceptors (Lipinski definition) is 4. The first-order valence-electron chi connectivity index (χ1n) is 17.7. The van der Waals surface area contributed by atoms with Gasteiger partial charge in [0.05, 0.1) is 9.40 Å². The molecule has 4 heteroatoms. The standard InChI is InChI=1S/C48H34S4/c1-29-3-7-31(8-4-29)11-13-33-17-21-37-41(25-33)49-47-39-23-19-35(27-43(39)51-45(37)47)15-16-36-20-24-40-44(28-36)52-46-38-22-18-34(26-42(38)50-48(40)46)14-12-32-9-5-30(2)6-10-32/h3-28,39,43H,1-2H3/b13-11+,14-12+,16-15+. The van der Waals surface area contributed by atoms with E-state index in [0.717, 1.165) is 0 Å². The van der Waals surface area contributed by atoms with Crippen LogP contribution in [0.25, 0.3) is 70.0 Å². The van der Waals surface area contributed by atoms with Gasteiger partial charge in [-0.15, -0.1) is 45.8 Å². The molecule has 2 atom stereocenters. The van der Waals surface area contributed by atoms with E-state index in [-0.39, 0.29) is 0 Å². The molecule has 3 aromatic heterocycles. The molecule has 0 N–H and O–H groups in total. The molecule has 5 aromatic carbocycles. The van der Waals surface area contributed by atoms with Crippen molar-refractivity contribution in [2.75, 3.05) is 0 Å². The molecule has 0 saturated carbocycles. The van der Waals surface area contributed by atoms with Gasteiger partial charge in [-0.25, -0.2) is 0 Å². The highest BCUT2D eigenvalue weighted by Crippen LogP contribution is 2.55. The molecule has 0 fully saturated rings. The van der Waals surface area contributed by atoms with Crippen molar-refractivity contribution in [2.45, 2.75) is 29.9 Å². The third-order valence-electron chi connectivity index (χ3n) is 10.1. The molecule has 0 radical (unpaired) electrons. The SMILES string of the molecule is Cc1ccc(/C=C/c2ccc3c4c(sc3c2)C2C=CC(/C=C/c3ccc5c(c3)sc3c6ccc(/C=C/c7ccc(C)cc7)cc6sc53)=CC2S4)cc1. The lowest BCUT2D eigenvalue weighted by Gasteiger charge is -2.17. The van der Waals surface area contributed by atoms with Crippen molar-refractivity contribution in [3.63, 3.8) is 0 Å². The summed E-state index contributed by atoms with van der Waals surface area (Å²) in [6.45, 7) is 4.26. The summed E-state index contributed by atoms with van der Waals surface area (Å²) in [7, 11) is 0. The number of thioether (sulfide) groups is 1. The van der Waals surface area contributed by atoms with E-state index in [2.05, 4.69) is 172 Å². The molecule has 2 unspecified atom stereocenters. The van der Waals surface area contributed by atoms with Crippen LogP contribution in [0, 0.1) is 13.8 Å². The van der Waals surface area contributed by atoms with Crippen molar-refractivity contribution in [1.82, 2.24) is 0 Å². The van der Waals surface area contributed by atoms with Crippen LogP contribution in [0.2, 0.25) is 0 Å². The van der Waals surface area contributed by atoms with Gasteiger partial charge in [0.25, 0.3) is 0 Å². The maximum atomic E-state index is 2.47. The second-order valence-corrected chi connectivity index (χ2v) is 18.3. The van der Waals surface area contributed by atoms with Gasteiger partial charge < -0.3 is 0 Å². The summed E-state index contributed by atoms with van der Waals surface area (Å²) in [5, 5.41) is 4.58. The lowest BCUT2D eigenvalue weighted by molar-refractivity contribution is 0.898. The average molecular weight is 739 g/mol. The molecule has 0 spiro atoms. The van der Waals surface area contributed by atoms with Crippen molar-refractivity contribution < 1.29 is 0 Å². The van der Waals surface area contributed by atoms with Gasteiger partial charge in [-0.05, 0) is 65.4 Å². The summed E-state index contributed by atoms with van der Waals surface area (Å²) < 4.78 is 6.91. The summed E-state index contributed by atoms with van der Waals surface area (Å²) in [6.07, 6.45) is 20.7. The topological polar surface area (TPSA) is 0 Å². The molecule has 0 nitrogen and oxygen atoms in total. The smallest absolute Gasteiger partial charge is 0.0542 e. The summed E-state index contributed by atoms with van der Waals surface area (Å²) in [5.74, 6) is 0.451. The minimum Gasteiger partial charge on any atom is -0.138 e. The van der Waals surface area contributed by atoms with E-state index in [4.69, 9.17) is 0 Å². The lowest BCUT2D eigenvalue weighted by Crippen LogP contribution is -2.08. The van der Waals surface area contributed by atoms with E-state index in [0.29, 0.717) is 11.2 Å². The van der Waals surface area contributed by atoms with Gasteiger partial charge in [-0.3, -0.25) is 0 Å². The summed E-state index contributed by atoms with van der Waals surface area (Å²) in [6, 6.07) is 38.2. The fourth-order valence-electron chi connectivity index (χ4n) is 7.25. The predicted octanol–water partition coefficient (Wildman–Crippen LogP) is 15.2. The highest BCUT2D eigenvalue weighted by molar-refractivity contribution is 8.01. The van der Waals surface area contributed by atoms with Crippen LogP contribution < -0.4 is 0 Å². The van der Waals surface area contributed by atoms with Crippen molar-refractivity contribution >= 4 is 116 Å². The van der Waals surface area contributed by atoms with E-state index in [1.807, 2.05) is 45.8 Å². The fourth-order valence-corrected chi connectivity index (χ4v) is 13.1. The maximum absolute atomic E-state index is 2.47. The van der Waals surface area contributed by atoms with E-state index in [1.54, 1.807) is 0 Å². The zero-order valence-corrected chi connectivity index (χ0v) is 32.1. The van der Waals surface area contributed by atoms with Gasteiger partial charge in [-0.2, -0.15) is 0 Å². The molecule has 10 rings (SSSR count). The third-order valence-corrected chi connectivity index (χ3v) is 15.4. The molecule has 2 aliphatic rings. The largest absolute Gasteiger partial charge is 0.138 e. The number of hydrogen-bond donors (Lipinski definition) is 0. The minimum absolute atomic E-state index is 0.451. The van der Waals surface area contributed by atoms with Crippen molar-refractivity contribution in [3.8, 4) is 0 Å². The molecule has 1 aliphatic carbocycles. The van der Waals surface area contributed by atoms with E-state index >= 15 is 0 Å². The molecule has 0 saturated heterocycles. The Morgan fingerprint density at radius 2 is 0.942 bits per heavy atom. The Kier molecular flexibility index (Phi) is 8.03. The molecule has 8 aromatic rings. The average Bonchev–Trinajstić information content (AvgIpc) is 3.90. The Hall–Kier alpha value is -4.71. The highest BCUT2D eigenvalue weighted by atomic mass is 32.2. The normalized spacial score (nSPS) is 17.2. The van der Waals surface area contributed by atoms with Gasteiger partial charge in [0.1, 0.15) is 0 Å². The second-order valence-electron chi connectivity index (χ2n) is 13.9. The van der Waals surface area contributed by atoms with E-state index in [9.17, 15) is 0 Å². The van der Waals surface area contributed by atoms with Crippen LogP contribution in [0.5, 0.6) is 0 Å². The Morgan fingerprint density at radius 3 is 1.50 bits per heavy atom. The summed E-state index contributed by atoms with van der Waals surface area (Å²) in [5.41, 5.74) is 10.1. The number of allylic oxidation sites excluding steroid dienone is 4. The Morgan fingerprint density at radius 1 is 0.481 bits per heavy atom. The van der Waals surface area contributed by atoms with Crippen molar-refractivity contribution in [3.05, 3.63) is 177 Å². The maximum Gasteiger partial charge on any atom is 0.0542 e. The minimum atomic E-state index is 0.451. The second kappa shape index (κ2) is 13.1. The summed E-state index contributed by atoms with van der Waals surface area (Å²) in [4.78, 5) is 2.99. The first kappa shape index (κ1) is 32.0. The highest BCUT2D eigenvalue weighted by Gasteiger charge is 2.35. The van der Waals surface area contributed by atoms with Crippen molar-refractivity contribution in [1.29, 1.82) is 0 Å². The number of thiophene rings is 3. The van der Waals surface area contributed by atoms with Crippen LogP contribution in [0.4, 0.5) is 0 Å². The van der Waals surface area contributed by atoms with Crippen LogP contribution in [0.15, 0.2) is 138 Å². The lowest BCUT2D eigenvalue weighted by atomic mass is 9.94. The molecular formula is C48H34S4. The zero-order chi connectivity index (χ0) is 34.8. The van der Waals surface area contributed by atoms with Gasteiger partial charge >= 0.3 is 0 Å². The van der Waals surface area contributed by atoms with E-state index < -0.39 is 0 Å². The first-order chi connectivity index (χ1) is 25.5. The van der Waals surface area contributed by atoms with Crippen LogP contribution >= 0.6 is 45.8 Å². The Bertz CT molecular complexity index is 2830. The van der Waals surface area contributed by atoms with Crippen LogP contribution in [0.1, 0.15) is 49.7 Å². The Balaban J connectivity index is 0.848. The third kappa shape index (κ3) is 5.94. The number of rotatable bonds is 6. The molecule has 52 heavy (non-hydrogen) atoms. The predicted molar refractivity (Wildman–Crippen MR) is 235 cm³/mol. The van der Waals surface area contributed by atoms with Gasteiger partial charge in [0.2, 0.25) is 0 Å². The molecule has 4 heterocycles. The number of aryl methyl sites for hydroxylation is 2. The number of fused-ring (bicyclic) bond motifs is 10. The molecular weight excluding hydrogens is 705 g/mol.